The summed E-state index contributed by atoms with van der Waals surface area (Å²) in [4.78, 5) is 34.8. The number of aromatic nitrogens is 1. The van der Waals surface area contributed by atoms with Crippen LogP contribution in [0.2, 0.25) is 0 Å². The summed E-state index contributed by atoms with van der Waals surface area (Å²) in [5.74, 6) is 1.11. The number of amides is 2. The maximum atomic E-state index is 13.4. The molecule has 1 fully saturated rings. The minimum Gasteiger partial charge on any atom is -0.493 e. The molecule has 0 saturated carbocycles. The van der Waals surface area contributed by atoms with E-state index in [0.29, 0.717) is 42.3 Å². The summed E-state index contributed by atoms with van der Waals surface area (Å²) < 4.78 is 10.8. The zero-order valence-corrected chi connectivity index (χ0v) is 25.2. The van der Waals surface area contributed by atoms with Crippen molar-refractivity contribution >= 4 is 53.7 Å². The Morgan fingerprint density at radius 1 is 0.829 bits per heavy atom. The quantitative estimate of drug-likeness (QED) is 0.393. The van der Waals surface area contributed by atoms with E-state index in [1.165, 1.54) is 5.01 Å². The van der Waals surface area contributed by atoms with Crippen LogP contribution in [0, 0.1) is 5.41 Å². The van der Waals surface area contributed by atoms with E-state index in [9.17, 15) is 9.59 Å². The number of benzene rings is 2. The summed E-state index contributed by atoms with van der Waals surface area (Å²) in [6, 6.07) is 16.7. The molecular weight excluding hydrogens is 565 g/mol. The fourth-order valence-corrected chi connectivity index (χ4v) is 4.98. The van der Waals surface area contributed by atoms with Crippen LogP contribution >= 0.6 is 24.8 Å². The third-order valence-corrected chi connectivity index (χ3v) is 7.27. The highest BCUT2D eigenvalue weighted by atomic mass is 35.5. The molecule has 2 amide bonds. The highest BCUT2D eigenvalue weighted by molar-refractivity contribution is 6.11. The summed E-state index contributed by atoms with van der Waals surface area (Å²) in [5.41, 5.74) is 3.29. The average Bonchev–Trinajstić information content (AvgIpc) is 2.98. The number of ether oxygens (including phenoxy) is 2. The van der Waals surface area contributed by atoms with Crippen LogP contribution in [0.1, 0.15) is 36.2 Å². The Morgan fingerprint density at radius 3 is 2.07 bits per heavy atom. The topological polar surface area (TPSA) is 87.6 Å². The Labute approximate surface area is 252 Å². The van der Waals surface area contributed by atoms with Crippen molar-refractivity contribution in [2.75, 3.05) is 50.3 Å². The van der Waals surface area contributed by atoms with Gasteiger partial charge in [-0.2, -0.15) is 5.10 Å². The lowest BCUT2D eigenvalue weighted by Crippen LogP contribution is -2.48. The van der Waals surface area contributed by atoms with E-state index in [-0.39, 0.29) is 36.6 Å². The fraction of sp³-hybridized carbons (Fsp3) is 0.333. The molecule has 0 aliphatic carbocycles. The molecule has 5 rings (SSSR count). The summed E-state index contributed by atoms with van der Waals surface area (Å²) in [7, 11) is 3.18. The van der Waals surface area contributed by atoms with Crippen LogP contribution in [0.3, 0.4) is 0 Å². The number of piperazine rings is 1. The number of anilines is 2. The molecule has 9 nitrogen and oxygen atoms in total. The number of carbonyl (C=O) groups is 2. The number of methoxy groups -OCH3 is 2. The van der Waals surface area contributed by atoms with Gasteiger partial charge in [0.1, 0.15) is 0 Å². The Balaban J connectivity index is 0.00000231. The molecule has 0 radical (unpaired) electrons. The van der Waals surface area contributed by atoms with Crippen LogP contribution in [0.4, 0.5) is 11.4 Å². The molecule has 41 heavy (non-hydrogen) atoms. The number of hydrogen-bond acceptors (Lipinski definition) is 7. The minimum atomic E-state index is -0.659. The molecule has 2 aliphatic heterocycles. The Hall–Kier alpha value is -3.82. The Kier molecular flexibility index (Phi) is 10.2. The molecule has 0 spiro atoms. The predicted molar refractivity (Wildman–Crippen MR) is 165 cm³/mol. The molecular formula is C30H35Cl2N5O4. The molecule has 0 N–H and O–H groups in total. The maximum Gasteiger partial charge on any atom is 0.253 e. The van der Waals surface area contributed by atoms with Gasteiger partial charge in [-0.25, -0.2) is 5.01 Å². The molecule has 218 valence electrons. The van der Waals surface area contributed by atoms with Crippen LogP contribution < -0.4 is 19.4 Å². The van der Waals surface area contributed by atoms with Gasteiger partial charge in [0.2, 0.25) is 0 Å². The van der Waals surface area contributed by atoms with Gasteiger partial charge in [0.15, 0.2) is 11.5 Å². The third kappa shape index (κ3) is 6.57. The van der Waals surface area contributed by atoms with E-state index in [1.807, 2.05) is 49.1 Å². The molecule has 2 aliphatic rings. The number of rotatable bonds is 6. The minimum absolute atomic E-state index is 0. The zero-order chi connectivity index (χ0) is 27.6. The second kappa shape index (κ2) is 13.2. The standard InChI is InChI=1S/C30H33N5O4.2ClH/c1-30(2)20-25(22-7-10-26(38-3)27(19-22)39-4)32-35(29(30)37)24-8-5-21(6-9-24)28(36)34-17-15-33(16-18-34)23-11-13-31-14-12-23;;/h5-14,19H,15-18,20H2,1-4H3;2*1H. The van der Waals surface area contributed by atoms with Crippen LogP contribution in [0.15, 0.2) is 72.1 Å². The van der Waals surface area contributed by atoms with Gasteiger partial charge < -0.3 is 19.3 Å². The maximum absolute atomic E-state index is 13.4. The van der Waals surface area contributed by atoms with Gasteiger partial charge in [0.25, 0.3) is 11.8 Å². The first-order chi connectivity index (χ1) is 18.8. The van der Waals surface area contributed by atoms with Crippen molar-refractivity contribution in [2.45, 2.75) is 20.3 Å². The van der Waals surface area contributed by atoms with Gasteiger partial charge in [-0.15, -0.1) is 24.8 Å². The lowest BCUT2D eigenvalue weighted by molar-refractivity contribution is -0.126. The van der Waals surface area contributed by atoms with Gasteiger partial charge in [0.05, 0.1) is 31.0 Å². The van der Waals surface area contributed by atoms with Crippen molar-refractivity contribution in [1.82, 2.24) is 9.88 Å². The lowest BCUT2D eigenvalue weighted by Gasteiger charge is -2.36. The largest absolute Gasteiger partial charge is 0.493 e. The number of halogens is 2. The van der Waals surface area contributed by atoms with Crippen LogP contribution in [0.25, 0.3) is 0 Å². The number of carbonyl (C=O) groups excluding carboxylic acids is 2. The van der Waals surface area contributed by atoms with Crippen molar-refractivity contribution in [3.05, 3.63) is 78.1 Å². The Bertz CT molecular complexity index is 1390. The van der Waals surface area contributed by atoms with Gasteiger partial charge in [-0.1, -0.05) is 13.8 Å². The van der Waals surface area contributed by atoms with Crippen molar-refractivity contribution in [3.8, 4) is 11.5 Å². The predicted octanol–water partition coefficient (Wildman–Crippen LogP) is 5.07. The monoisotopic (exact) mass is 599 g/mol. The first kappa shape index (κ1) is 31.7. The fourth-order valence-electron chi connectivity index (χ4n) is 4.98. The average molecular weight is 601 g/mol. The van der Waals surface area contributed by atoms with E-state index in [0.717, 1.165) is 30.1 Å². The zero-order valence-electron chi connectivity index (χ0n) is 23.6. The molecule has 0 unspecified atom stereocenters. The lowest BCUT2D eigenvalue weighted by atomic mass is 9.82. The van der Waals surface area contributed by atoms with E-state index in [2.05, 4.69) is 9.88 Å². The molecule has 2 aromatic carbocycles. The van der Waals surface area contributed by atoms with E-state index in [4.69, 9.17) is 14.6 Å². The summed E-state index contributed by atoms with van der Waals surface area (Å²) in [6.45, 7) is 6.64. The van der Waals surface area contributed by atoms with Crippen LogP contribution in [-0.4, -0.2) is 67.8 Å². The Morgan fingerprint density at radius 2 is 1.46 bits per heavy atom. The second-order valence-corrected chi connectivity index (χ2v) is 10.3. The van der Waals surface area contributed by atoms with Gasteiger partial charge in [-0.05, 0) is 54.6 Å². The molecule has 3 aromatic rings. The summed E-state index contributed by atoms with van der Waals surface area (Å²) in [6.07, 6.45) is 4.05. The molecule has 3 heterocycles. The molecule has 1 aromatic heterocycles. The van der Waals surface area contributed by atoms with Crippen molar-refractivity contribution in [3.63, 3.8) is 0 Å². The number of nitrogens with zero attached hydrogens (tertiary/aromatic N) is 5. The van der Waals surface area contributed by atoms with Gasteiger partial charge in [-0.3, -0.25) is 14.6 Å². The van der Waals surface area contributed by atoms with Gasteiger partial charge in [0, 0.05) is 61.8 Å². The van der Waals surface area contributed by atoms with Crippen LogP contribution in [-0.2, 0) is 4.79 Å². The van der Waals surface area contributed by atoms with Crippen molar-refractivity contribution < 1.29 is 19.1 Å². The normalized spacial score (nSPS) is 16.2. The van der Waals surface area contributed by atoms with E-state index < -0.39 is 5.41 Å². The number of pyridine rings is 1. The highest BCUT2D eigenvalue weighted by Crippen LogP contribution is 2.36. The van der Waals surface area contributed by atoms with E-state index in [1.54, 1.807) is 50.9 Å². The van der Waals surface area contributed by atoms with Crippen molar-refractivity contribution in [2.24, 2.45) is 10.5 Å². The third-order valence-electron chi connectivity index (χ3n) is 7.27. The highest BCUT2D eigenvalue weighted by Gasteiger charge is 2.39. The summed E-state index contributed by atoms with van der Waals surface area (Å²) in [5, 5.41) is 6.17. The van der Waals surface area contributed by atoms with E-state index >= 15 is 0 Å². The number of hydrogen-bond donors (Lipinski definition) is 0. The SMILES string of the molecule is COc1ccc(C2=NN(c3ccc(C(=O)N4CCN(c5ccncc5)CC4)cc3)C(=O)C(C)(C)C2)cc1OC.Cl.Cl. The molecule has 11 heteroatoms. The summed E-state index contributed by atoms with van der Waals surface area (Å²) >= 11 is 0. The smallest absolute Gasteiger partial charge is 0.253 e. The second-order valence-electron chi connectivity index (χ2n) is 10.3. The molecule has 0 atom stereocenters. The van der Waals surface area contributed by atoms with Gasteiger partial charge >= 0.3 is 0 Å². The van der Waals surface area contributed by atoms with Crippen LogP contribution in [0.5, 0.6) is 11.5 Å². The molecule has 0 bridgehead atoms. The first-order valence-electron chi connectivity index (χ1n) is 13.0. The molecule has 1 saturated heterocycles. The number of hydrazone groups is 1. The first-order valence-corrected chi connectivity index (χ1v) is 13.0. The van der Waals surface area contributed by atoms with Crippen molar-refractivity contribution in [1.29, 1.82) is 0 Å².